The molecule has 4 nitrogen and oxygen atoms in total. The molecule has 0 spiro atoms. The molecular weight excluding hydrogens is 418 g/mol. The van der Waals surface area contributed by atoms with E-state index in [1.54, 1.807) is 6.07 Å². The normalized spacial score (nSPS) is 12.9. The molecule has 8 heteroatoms. The Bertz CT molecular complexity index is 526. The summed E-state index contributed by atoms with van der Waals surface area (Å²) >= 11 is 7.84. The van der Waals surface area contributed by atoms with Crippen LogP contribution < -0.4 is 4.72 Å². The van der Waals surface area contributed by atoms with Crippen molar-refractivity contribution in [3.05, 3.63) is 13.6 Å². The lowest BCUT2D eigenvalue weighted by Gasteiger charge is -2.24. The van der Waals surface area contributed by atoms with Crippen molar-refractivity contribution in [2.45, 2.75) is 31.6 Å². The van der Waals surface area contributed by atoms with Crippen molar-refractivity contribution < 1.29 is 13.5 Å². The lowest BCUT2D eigenvalue weighted by molar-refractivity contribution is 0.242. The smallest absolute Gasteiger partial charge is 0.242 e. The number of hydrogen-bond donors (Lipinski definition) is 2. The van der Waals surface area contributed by atoms with Crippen molar-refractivity contribution >= 4 is 53.2 Å². The largest absolute Gasteiger partial charge is 0.396 e. The number of aliphatic hydroxyl groups excluding tert-OH is 1. The Morgan fingerprint density at radius 1 is 1.42 bits per heavy atom. The highest BCUT2D eigenvalue weighted by atomic mass is 79.9. The van der Waals surface area contributed by atoms with Gasteiger partial charge in [0.1, 0.15) is 4.90 Å². The summed E-state index contributed by atoms with van der Waals surface area (Å²) in [6.45, 7) is 4.42. The molecule has 2 N–H and O–H groups in total. The highest BCUT2D eigenvalue weighted by molar-refractivity contribution is 9.12. The minimum absolute atomic E-state index is 0.124. The van der Waals surface area contributed by atoms with Gasteiger partial charge in [0.05, 0.1) is 7.57 Å². The summed E-state index contributed by atoms with van der Waals surface area (Å²) in [5, 5.41) is 8.83. The minimum atomic E-state index is -3.51. The number of halogens is 2. The maximum Gasteiger partial charge on any atom is 0.242 e. The van der Waals surface area contributed by atoms with E-state index in [0.717, 1.165) is 10.2 Å². The maximum atomic E-state index is 12.2. The fourth-order valence-electron chi connectivity index (χ4n) is 1.52. The van der Waals surface area contributed by atoms with Crippen LogP contribution in [-0.2, 0) is 10.0 Å². The van der Waals surface area contributed by atoms with Crippen LogP contribution in [0, 0.1) is 5.41 Å². The zero-order valence-corrected chi connectivity index (χ0v) is 15.5. The summed E-state index contributed by atoms with van der Waals surface area (Å²) in [5.74, 6) is 0. The van der Waals surface area contributed by atoms with E-state index in [4.69, 9.17) is 5.11 Å². The van der Waals surface area contributed by atoms with Gasteiger partial charge in [-0.05, 0) is 56.2 Å². The summed E-state index contributed by atoms with van der Waals surface area (Å²) in [7, 11) is -3.51. The van der Waals surface area contributed by atoms with E-state index < -0.39 is 10.0 Å². The van der Waals surface area contributed by atoms with Gasteiger partial charge >= 0.3 is 0 Å². The molecular formula is C11H17Br2NO3S2. The third-order valence-electron chi connectivity index (χ3n) is 2.67. The number of aliphatic hydroxyl groups is 1. The predicted molar refractivity (Wildman–Crippen MR) is 85.0 cm³/mol. The van der Waals surface area contributed by atoms with Crippen LogP contribution in [0.1, 0.15) is 26.7 Å². The van der Waals surface area contributed by atoms with Crippen LogP contribution in [0.4, 0.5) is 0 Å². The Balaban J connectivity index is 2.73. The molecule has 1 rings (SSSR count). The second-order valence-electron chi connectivity index (χ2n) is 5.00. The van der Waals surface area contributed by atoms with Gasteiger partial charge in [-0.1, -0.05) is 13.8 Å². The molecule has 110 valence electrons. The topological polar surface area (TPSA) is 66.4 Å². The first-order valence-electron chi connectivity index (χ1n) is 5.73. The molecule has 0 fully saturated rings. The average Bonchev–Trinajstić information content (AvgIpc) is 2.65. The van der Waals surface area contributed by atoms with Crippen LogP contribution in [-0.4, -0.2) is 26.7 Å². The van der Waals surface area contributed by atoms with Crippen LogP contribution in [0.3, 0.4) is 0 Å². The summed E-state index contributed by atoms with van der Waals surface area (Å²) in [6, 6.07) is 1.58. The van der Waals surface area contributed by atoms with E-state index >= 15 is 0 Å². The summed E-state index contributed by atoms with van der Waals surface area (Å²) in [6.07, 6.45) is 1.43. The molecule has 0 radical (unpaired) electrons. The predicted octanol–water partition coefficient (Wildman–Crippen LogP) is 3.35. The zero-order valence-electron chi connectivity index (χ0n) is 10.7. The van der Waals surface area contributed by atoms with Gasteiger partial charge in [-0.15, -0.1) is 11.3 Å². The van der Waals surface area contributed by atoms with E-state index in [9.17, 15) is 8.42 Å². The monoisotopic (exact) mass is 433 g/mol. The molecule has 19 heavy (non-hydrogen) atoms. The number of hydrogen-bond acceptors (Lipinski definition) is 4. The molecule has 1 heterocycles. The van der Waals surface area contributed by atoms with Crippen molar-refractivity contribution in [1.29, 1.82) is 0 Å². The Morgan fingerprint density at radius 3 is 2.53 bits per heavy atom. The molecule has 0 aliphatic heterocycles. The Kier molecular flexibility index (Phi) is 6.47. The van der Waals surface area contributed by atoms with Crippen LogP contribution in [0.5, 0.6) is 0 Å². The lowest BCUT2D eigenvalue weighted by Crippen LogP contribution is -2.34. The van der Waals surface area contributed by atoms with Gasteiger partial charge in [0.2, 0.25) is 10.0 Å². The van der Waals surface area contributed by atoms with Gasteiger partial charge in [-0.25, -0.2) is 13.1 Å². The average molecular weight is 435 g/mol. The summed E-state index contributed by atoms with van der Waals surface area (Å²) in [4.78, 5) is 0.252. The second-order valence-corrected chi connectivity index (χ2v) is 10.5. The van der Waals surface area contributed by atoms with Gasteiger partial charge in [0, 0.05) is 13.2 Å². The van der Waals surface area contributed by atoms with E-state index in [2.05, 4.69) is 36.6 Å². The fraction of sp³-hybridized carbons (Fsp3) is 0.636. The maximum absolute atomic E-state index is 12.2. The first kappa shape index (κ1) is 17.6. The number of thiophene rings is 1. The van der Waals surface area contributed by atoms with Gasteiger partial charge in [-0.3, -0.25) is 0 Å². The molecule has 0 aliphatic rings. The van der Waals surface area contributed by atoms with E-state index in [1.807, 2.05) is 13.8 Å². The standard InChI is InChI=1S/C11H17Br2NO3S2/c1-11(2,4-3-5-15)7-14-19(16,17)8-6-9(12)18-10(8)13/h6,14-15H,3-5,7H2,1-2H3. The van der Waals surface area contributed by atoms with Gasteiger partial charge < -0.3 is 5.11 Å². The van der Waals surface area contributed by atoms with Crippen LogP contribution in [0.2, 0.25) is 0 Å². The SMILES string of the molecule is CC(C)(CCCO)CNS(=O)(=O)c1cc(Br)sc1Br. The molecule has 0 bridgehead atoms. The van der Waals surface area contributed by atoms with Crippen molar-refractivity contribution in [1.82, 2.24) is 4.72 Å². The summed E-state index contributed by atoms with van der Waals surface area (Å²) in [5.41, 5.74) is -0.185. The quantitative estimate of drug-likeness (QED) is 0.691. The first-order chi connectivity index (χ1) is 8.68. The molecule has 0 amide bonds. The van der Waals surface area contributed by atoms with Crippen molar-refractivity contribution in [2.75, 3.05) is 13.2 Å². The van der Waals surface area contributed by atoms with Gasteiger partial charge in [-0.2, -0.15) is 0 Å². The van der Waals surface area contributed by atoms with Crippen molar-refractivity contribution in [3.63, 3.8) is 0 Å². The van der Waals surface area contributed by atoms with E-state index in [1.165, 1.54) is 11.3 Å². The summed E-state index contributed by atoms with van der Waals surface area (Å²) < 4.78 is 28.3. The molecule has 1 aromatic rings. The Labute approximate surface area is 134 Å². The van der Waals surface area contributed by atoms with Gasteiger partial charge in [0.15, 0.2) is 0 Å². The van der Waals surface area contributed by atoms with E-state index in [-0.39, 0.29) is 16.9 Å². The molecule has 0 unspecified atom stereocenters. The highest BCUT2D eigenvalue weighted by Gasteiger charge is 2.24. The second kappa shape index (κ2) is 7.00. The number of rotatable bonds is 7. The molecule has 0 saturated carbocycles. The molecule has 0 aliphatic carbocycles. The first-order valence-corrected chi connectivity index (χ1v) is 9.62. The van der Waals surface area contributed by atoms with Crippen LogP contribution in [0.15, 0.2) is 18.5 Å². The third kappa shape index (κ3) is 5.43. The molecule has 0 atom stereocenters. The van der Waals surface area contributed by atoms with Crippen LogP contribution >= 0.6 is 43.2 Å². The zero-order chi connectivity index (χ0) is 14.7. The lowest BCUT2D eigenvalue weighted by atomic mass is 9.88. The van der Waals surface area contributed by atoms with Crippen LogP contribution in [0.25, 0.3) is 0 Å². The Hall–Kier alpha value is 0.530. The van der Waals surface area contributed by atoms with E-state index in [0.29, 0.717) is 16.8 Å². The molecule has 0 saturated heterocycles. The van der Waals surface area contributed by atoms with Gasteiger partial charge in [0.25, 0.3) is 0 Å². The Morgan fingerprint density at radius 2 is 2.05 bits per heavy atom. The van der Waals surface area contributed by atoms with Crippen molar-refractivity contribution in [2.24, 2.45) is 5.41 Å². The highest BCUT2D eigenvalue weighted by Crippen LogP contribution is 2.35. The molecule has 0 aromatic carbocycles. The number of sulfonamides is 1. The minimum Gasteiger partial charge on any atom is -0.396 e. The fourth-order valence-corrected chi connectivity index (χ4v) is 6.57. The number of nitrogens with one attached hydrogen (secondary N) is 1. The van der Waals surface area contributed by atoms with Crippen molar-refractivity contribution in [3.8, 4) is 0 Å². The molecule has 1 aromatic heterocycles. The third-order valence-corrected chi connectivity index (χ3v) is 6.82.